The maximum Gasteiger partial charge on any atom is 0.255 e. The van der Waals surface area contributed by atoms with E-state index in [1.807, 2.05) is 19.1 Å². The van der Waals surface area contributed by atoms with Crippen LogP contribution in [0.25, 0.3) is 11.0 Å². The molecule has 116 valence electrons. The lowest BCUT2D eigenvalue weighted by Gasteiger charge is -2.28. The summed E-state index contributed by atoms with van der Waals surface area (Å²) >= 11 is 0. The molecule has 0 aliphatic carbocycles. The van der Waals surface area contributed by atoms with Crippen LogP contribution < -0.4 is 16.2 Å². The quantitative estimate of drug-likeness (QED) is 0.675. The van der Waals surface area contributed by atoms with Crippen molar-refractivity contribution < 1.29 is 0 Å². The number of fused-ring (bicyclic) bond motifs is 2. The predicted octanol–water partition coefficient (Wildman–Crippen LogP) is 0.561. The molecule has 3 aromatic rings. The standard InChI is InChI=1S/C15H15N7O/c1-8-2-3-10-12(19-8)13(18-7-17-10)22-5-4-9-11(6-22)20-15(16)21-14(9)23/h2-3,7H,4-6H2,1H3,(H3,16,20,21,23). The molecule has 0 atom stereocenters. The largest absolute Gasteiger partial charge is 0.369 e. The first-order chi connectivity index (χ1) is 11.1. The van der Waals surface area contributed by atoms with Crippen molar-refractivity contribution in [3.63, 3.8) is 0 Å². The van der Waals surface area contributed by atoms with Gasteiger partial charge in [-0.3, -0.25) is 9.78 Å². The Morgan fingerprint density at radius 3 is 3.00 bits per heavy atom. The summed E-state index contributed by atoms with van der Waals surface area (Å²) < 4.78 is 0. The van der Waals surface area contributed by atoms with E-state index in [1.165, 1.54) is 6.33 Å². The van der Waals surface area contributed by atoms with Crippen LogP contribution in [0.4, 0.5) is 11.8 Å². The molecule has 0 fully saturated rings. The number of nitrogens with two attached hydrogens (primary N) is 1. The molecule has 0 amide bonds. The molecule has 0 aromatic carbocycles. The predicted molar refractivity (Wildman–Crippen MR) is 86.1 cm³/mol. The van der Waals surface area contributed by atoms with E-state index in [0.717, 1.165) is 22.5 Å². The zero-order valence-electron chi connectivity index (χ0n) is 12.6. The average Bonchev–Trinajstić information content (AvgIpc) is 2.53. The molecule has 0 saturated heterocycles. The van der Waals surface area contributed by atoms with Crippen LogP contribution in [0.15, 0.2) is 23.3 Å². The number of aromatic nitrogens is 5. The van der Waals surface area contributed by atoms with Crippen molar-refractivity contribution in [2.75, 3.05) is 17.2 Å². The van der Waals surface area contributed by atoms with Crippen LogP contribution in [0.2, 0.25) is 0 Å². The summed E-state index contributed by atoms with van der Waals surface area (Å²) in [6.45, 7) is 3.08. The third-order valence-corrected chi connectivity index (χ3v) is 3.99. The van der Waals surface area contributed by atoms with Crippen molar-refractivity contribution in [1.82, 2.24) is 24.9 Å². The van der Waals surface area contributed by atoms with Crippen LogP contribution in [-0.2, 0) is 13.0 Å². The number of aryl methyl sites for hydroxylation is 1. The van der Waals surface area contributed by atoms with Crippen molar-refractivity contribution in [1.29, 1.82) is 0 Å². The Balaban J connectivity index is 1.81. The fraction of sp³-hybridized carbons (Fsp3) is 0.267. The van der Waals surface area contributed by atoms with Crippen LogP contribution in [0.3, 0.4) is 0 Å². The Hall–Kier alpha value is -3.03. The minimum Gasteiger partial charge on any atom is -0.369 e. The summed E-state index contributed by atoms with van der Waals surface area (Å²) in [5.74, 6) is 0.891. The number of hydrogen-bond donors (Lipinski definition) is 2. The van der Waals surface area contributed by atoms with Gasteiger partial charge in [0.25, 0.3) is 5.56 Å². The van der Waals surface area contributed by atoms with Crippen LogP contribution in [-0.4, -0.2) is 31.5 Å². The topological polar surface area (TPSA) is 114 Å². The Morgan fingerprint density at radius 1 is 1.26 bits per heavy atom. The van der Waals surface area contributed by atoms with Gasteiger partial charge in [0.2, 0.25) is 5.95 Å². The van der Waals surface area contributed by atoms with Crippen LogP contribution in [0.5, 0.6) is 0 Å². The number of hydrogen-bond acceptors (Lipinski definition) is 7. The molecule has 4 heterocycles. The van der Waals surface area contributed by atoms with Gasteiger partial charge in [0.1, 0.15) is 11.8 Å². The minimum absolute atomic E-state index is 0.136. The zero-order chi connectivity index (χ0) is 16.0. The van der Waals surface area contributed by atoms with Gasteiger partial charge in [-0.25, -0.2) is 19.9 Å². The molecule has 3 N–H and O–H groups in total. The van der Waals surface area contributed by atoms with E-state index in [2.05, 4.69) is 29.8 Å². The van der Waals surface area contributed by atoms with Gasteiger partial charge in [-0.05, 0) is 25.5 Å². The maximum absolute atomic E-state index is 12.0. The van der Waals surface area contributed by atoms with Gasteiger partial charge in [-0.2, -0.15) is 0 Å². The minimum atomic E-state index is -0.159. The number of anilines is 2. The van der Waals surface area contributed by atoms with E-state index >= 15 is 0 Å². The summed E-state index contributed by atoms with van der Waals surface area (Å²) in [5, 5.41) is 0. The summed E-state index contributed by atoms with van der Waals surface area (Å²) in [7, 11) is 0. The first-order valence-electron chi connectivity index (χ1n) is 7.32. The molecule has 3 aromatic heterocycles. The Kier molecular flexibility index (Phi) is 2.97. The van der Waals surface area contributed by atoms with Crippen LogP contribution in [0, 0.1) is 6.92 Å². The Bertz CT molecular complexity index is 966. The van der Waals surface area contributed by atoms with Crippen molar-refractivity contribution >= 4 is 22.8 Å². The molecule has 4 rings (SSSR count). The number of H-pyrrole nitrogens is 1. The molecule has 0 unspecified atom stereocenters. The molecular formula is C15H15N7O. The maximum atomic E-state index is 12.0. The highest BCUT2D eigenvalue weighted by Gasteiger charge is 2.23. The van der Waals surface area contributed by atoms with E-state index in [4.69, 9.17) is 5.73 Å². The first-order valence-corrected chi connectivity index (χ1v) is 7.32. The fourth-order valence-corrected chi connectivity index (χ4v) is 2.90. The first kappa shape index (κ1) is 13.6. The number of rotatable bonds is 1. The van der Waals surface area contributed by atoms with Gasteiger partial charge in [-0.15, -0.1) is 0 Å². The van der Waals surface area contributed by atoms with E-state index in [-0.39, 0.29) is 11.5 Å². The van der Waals surface area contributed by atoms with Crippen LogP contribution >= 0.6 is 0 Å². The van der Waals surface area contributed by atoms with Crippen molar-refractivity contribution in [3.05, 3.63) is 45.8 Å². The zero-order valence-corrected chi connectivity index (χ0v) is 12.6. The van der Waals surface area contributed by atoms with Crippen molar-refractivity contribution in [3.8, 4) is 0 Å². The smallest absolute Gasteiger partial charge is 0.255 e. The summed E-state index contributed by atoms with van der Waals surface area (Å²) in [5.41, 5.74) is 9.34. The Labute approximate surface area is 131 Å². The number of nitrogens with one attached hydrogen (secondary N) is 1. The van der Waals surface area contributed by atoms with Crippen molar-refractivity contribution in [2.24, 2.45) is 0 Å². The molecular weight excluding hydrogens is 294 g/mol. The number of nitrogens with zero attached hydrogens (tertiary/aromatic N) is 5. The monoisotopic (exact) mass is 309 g/mol. The van der Waals surface area contributed by atoms with Crippen molar-refractivity contribution in [2.45, 2.75) is 19.9 Å². The summed E-state index contributed by atoms with van der Waals surface area (Å²) in [6.07, 6.45) is 2.12. The van der Waals surface area contributed by atoms with Crippen LogP contribution in [0.1, 0.15) is 17.0 Å². The molecule has 0 saturated carbocycles. The van der Waals surface area contributed by atoms with E-state index in [1.54, 1.807) is 0 Å². The van der Waals surface area contributed by atoms with Gasteiger partial charge >= 0.3 is 0 Å². The SMILES string of the molecule is Cc1ccc2ncnc(N3CCc4c(nc(N)[nH]c4=O)C3)c2n1. The second-order valence-electron chi connectivity index (χ2n) is 5.57. The molecule has 8 nitrogen and oxygen atoms in total. The van der Waals surface area contributed by atoms with E-state index < -0.39 is 0 Å². The highest BCUT2D eigenvalue weighted by atomic mass is 16.1. The molecule has 0 spiro atoms. The lowest BCUT2D eigenvalue weighted by atomic mass is 10.1. The van der Waals surface area contributed by atoms with Gasteiger partial charge in [0, 0.05) is 17.8 Å². The normalized spacial score (nSPS) is 14.0. The van der Waals surface area contributed by atoms with Gasteiger partial charge in [0.15, 0.2) is 5.82 Å². The second kappa shape index (κ2) is 5.01. The summed E-state index contributed by atoms with van der Waals surface area (Å²) in [6, 6.07) is 3.86. The molecule has 0 bridgehead atoms. The second-order valence-corrected chi connectivity index (χ2v) is 5.57. The third-order valence-electron chi connectivity index (χ3n) is 3.99. The van der Waals surface area contributed by atoms with E-state index in [0.29, 0.717) is 30.8 Å². The molecule has 0 radical (unpaired) electrons. The third kappa shape index (κ3) is 2.28. The number of nitrogen functional groups attached to an aromatic ring is 1. The fourth-order valence-electron chi connectivity index (χ4n) is 2.90. The molecule has 1 aliphatic heterocycles. The van der Waals surface area contributed by atoms with Gasteiger partial charge in [-0.1, -0.05) is 0 Å². The average molecular weight is 309 g/mol. The highest BCUT2D eigenvalue weighted by Crippen LogP contribution is 2.25. The highest BCUT2D eigenvalue weighted by molar-refractivity contribution is 5.85. The molecule has 1 aliphatic rings. The van der Waals surface area contributed by atoms with Gasteiger partial charge < -0.3 is 10.6 Å². The lowest BCUT2D eigenvalue weighted by Crippen LogP contribution is -2.36. The number of aromatic amines is 1. The van der Waals surface area contributed by atoms with Gasteiger partial charge in [0.05, 0.1) is 17.8 Å². The number of pyridine rings is 1. The lowest BCUT2D eigenvalue weighted by molar-refractivity contribution is 0.691. The van der Waals surface area contributed by atoms with E-state index in [9.17, 15) is 4.79 Å². The Morgan fingerprint density at radius 2 is 2.13 bits per heavy atom. The molecule has 23 heavy (non-hydrogen) atoms. The molecule has 8 heteroatoms. The summed E-state index contributed by atoms with van der Waals surface area (Å²) in [4.78, 5) is 34.0.